The van der Waals surface area contributed by atoms with Crippen LogP contribution in [0.15, 0.2) is 24.3 Å². The van der Waals surface area contributed by atoms with Crippen molar-refractivity contribution in [3.8, 4) is 0 Å². The fraction of sp³-hybridized carbons (Fsp3) is 0.480. The minimum atomic E-state index is -0.213. The highest BCUT2D eigenvalue weighted by Crippen LogP contribution is 2.37. The van der Waals surface area contributed by atoms with Crippen molar-refractivity contribution in [2.45, 2.75) is 56.7 Å². The van der Waals surface area contributed by atoms with Gasteiger partial charge in [0.15, 0.2) is 0 Å². The van der Waals surface area contributed by atoms with E-state index in [4.69, 9.17) is 21.2 Å². The highest BCUT2D eigenvalue weighted by Gasteiger charge is 2.48. The highest BCUT2D eigenvalue weighted by atomic mass is 32.1. The standard InChI is InChI=1S/C25H30N6O2S/c1-14-3-6-17-21(27)22(34-24(17)28-14)23(32)29-16-5-7-18-15(11-16)4-8-20(30-18)31-12-19(26)25(13-31)9-2-10-33-25/h3-4,6,8,16,19H,2,5,7,9-13,26-27H2,1H3,(H,29,32)/t16-,19-,25+/m0/s1. The number of hydrogen-bond donors (Lipinski definition) is 3. The third kappa shape index (κ3) is 3.62. The minimum Gasteiger partial charge on any atom is -0.397 e. The van der Waals surface area contributed by atoms with Crippen molar-refractivity contribution in [3.63, 3.8) is 0 Å². The number of nitrogens with one attached hydrogen (secondary N) is 1. The van der Waals surface area contributed by atoms with Crippen LogP contribution >= 0.6 is 11.3 Å². The maximum Gasteiger partial charge on any atom is 0.263 e. The lowest BCUT2D eigenvalue weighted by molar-refractivity contribution is 0.0108. The molecular formula is C25H30N6O2S. The van der Waals surface area contributed by atoms with E-state index < -0.39 is 0 Å². The van der Waals surface area contributed by atoms with Gasteiger partial charge in [0.2, 0.25) is 0 Å². The van der Waals surface area contributed by atoms with Crippen LogP contribution in [0.3, 0.4) is 0 Å². The van der Waals surface area contributed by atoms with Crippen molar-refractivity contribution in [3.05, 3.63) is 46.1 Å². The van der Waals surface area contributed by atoms with Crippen LogP contribution in [0.5, 0.6) is 0 Å². The Labute approximate surface area is 202 Å². The summed E-state index contributed by atoms with van der Waals surface area (Å²) in [5, 5.41) is 4.04. The summed E-state index contributed by atoms with van der Waals surface area (Å²) in [6.45, 7) is 4.32. The molecule has 34 heavy (non-hydrogen) atoms. The fourth-order valence-electron chi connectivity index (χ4n) is 5.63. The van der Waals surface area contributed by atoms with Gasteiger partial charge in [0.1, 0.15) is 21.1 Å². The van der Waals surface area contributed by atoms with Gasteiger partial charge in [0, 0.05) is 36.0 Å². The summed E-state index contributed by atoms with van der Waals surface area (Å²) in [5.74, 6) is 0.856. The largest absolute Gasteiger partial charge is 0.397 e. The molecule has 0 unspecified atom stereocenters. The smallest absolute Gasteiger partial charge is 0.263 e. The predicted octanol–water partition coefficient (Wildman–Crippen LogP) is 2.57. The van der Waals surface area contributed by atoms with Crippen LogP contribution in [0.2, 0.25) is 0 Å². The summed E-state index contributed by atoms with van der Waals surface area (Å²) >= 11 is 1.36. The fourth-order valence-corrected chi connectivity index (χ4v) is 6.67. The molecule has 6 rings (SSSR count). The molecule has 3 aliphatic rings. The lowest BCUT2D eigenvalue weighted by atomic mass is 9.91. The first kappa shape index (κ1) is 21.8. The van der Waals surface area contributed by atoms with E-state index in [0.717, 1.165) is 79.2 Å². The molecule has 1 spiro atoms. The van der Waals surface area contributed by atoms with E-state index >= 15 is 0 Å². The van der Waals surface area contributed by atoms with E-state index in [1.165, 1.54) is 16.9 Å². The van der Waals surface area contributed by atoms with E-state index in [0.29, 0.717) is 10.6 Å². The number of thiophene rings is 1. The van der Waals surface area contributed by atoms with Gasteiger partial charge in [0.05, 0.1) is 18.3 Å². The molecule has 1 aliphatic carbocycles. The summed E-state index contributed by atoms with van der Waals surface area (Å²) in [7, 11) is 0. The first-order chi connectivity index (χ1) is 16.4. The molecule has 3 atom stereocenters. The maximum atomic E-state index is 13.0. The second-order valence-corrected chi connectivity index (χ2v) is 10.8. The number of fused-ring (bicyclic) bond motifs is 2. The number of nitrogen functional groups attached to an aromatic ring is 1. The molecule has 3 aromatic heterocycles. The quantitative estimate of drug-likeness (QED) is 0.529. The Morgan fingerprint density at radius 2 is 2.18 bits per heavy atom. The van der Waals surface area contributed by atoms with Gasteiger partial charge in [-0.2, -0.15) is 0 Å². The molecule has 0 radical (unpaired) electrons. The lowest BCUT2D eigenvalue weighted by Crippen LogP contribution is -2.46. The van der Waals surface area contributed by atoms with Crippen LogP contribution in [0.1, 0.15) is 45.9 Å². The van der Waals surface area contributed by atoms with Gasteiger partial charge in [0.25, 0.3) is 5.91 Å². The van der Waals surface area contributed by atoms with E-state index in [1.807, 2.05) is 19.1 Å². The number of carbonyl (C=O) groups is 1. The second kappa shape index (κ2) is 8.18. The third-order valence-electron chi connectivity index (χ3n) is 7.53. The van der Waals surface area contributed by atoms with E-state index in [-0.39, 0.29) is 23.6 Å². The molecular weight excluding hydrogens is 448 g/mol. The Kier molecular flexibility index (Phi) is 5.24. The normalized spacial score (nSPS) is 26.4. The van der Waals surface area contributed by atoms with E-state index in [9.17, 15) is 4.79 Å². The number of ether oxygens (including phenoxy) is 1. The number of amides is 1. The molecule has 0 saturated carbocycles. The molecule has 2 aliphatic heterocycles. The summed E-state index contributed by atoms with van der Waals surface area (Å²) in [4.78, 5) is 26.1. The number of anilines is 2. The zero-order chi connectivity index (χ0) is 23.4. The van der Waals surface area contributed by atoms with Gasteiger partial charge in [-0.15, -0.1) is 11.3 Å². The number of carbonyl (C=O) groups excluding carboxylic acids is 1. The zero-order valence-electron chi connectivity index (χ0n) is 19.3. The first-order valence-corrected chi connectivity index (χ1v) is 12.8. The number of rotatable bonds is 3. The number of hydrogen-bond acceptors (Lipinski definition) is 8. The molecule has 0 bridgehead atoms. The van der Waals surface area contributed by atoms with Crippen molar-refractivity contribution in [1.29, 1.82) is 0 Å². The van der Waals surface area contributed by atoms with Crippen LogP contribution in [0, 0.1) is 6.92 Å². The van der Waals surface area contributed by atoms with Gasteiger partial charge in [-0.05, 0) is 62.8 Å². The van der Waals surface area contributed by atoms with Gasteiger partial charge < -0.3 is 26.4 Å². The van der Waals surface area contributed by atoms with Crippen LogP contribution in [0.4, 0.5) is 11.5 Å². The Morgan fingerprint density at radius 1 is 1.29 bits per heavy atom. The SMILES string of the molecule is Cc1ccc2c(N)c(C(=O)N[C@H]3CCc4nc(N5C[C@H](N)[C@@]6(CCCO6)C5)ccc4C3)sc2n1. The van der Waals surface area contributed by atoms with Crippen LogP contribution in [-0.2, 0) is 17.6 Å². The van der Waals surface area contributed by atoms with Gasteiger partial charge in [-0.3, -0.25) is 4.79 Å². The molecule has 2 saturated heterocycles. The summed E-state index contributed by atoms with van der Waals surface area (Å²) in [5.41, 5.74) is 16.3. The van der Waals surface area contributed by atoms with Crippen molar-refractivity contribution >= 4 is 39.0 Å². The van der Waals surface area contributed by atoms with Crippen molar-refractivity contribution in [2.24, 2.45) is 5.73 Å². The number of aryl methyl sites for hydroxylation is 2. The Balaban J connectivity index is 1.15. The van der Waals surface area contributed by atoms with Crippen molar-refractivity contribution < 1.29 is 9.53 Å². The number of pyridine rings is 2. The summed E-state index contributed by atoms with van der Waals surface area (Å²) in [6.07, 6.45) is 4.55. The van der Waals surface area contributed by atoms with E-state index in [2.05, 4.69) is 27.3 Å². The molecule has 9 heteroatoms. The first-order valence-electron chi connectivity index (χ1n) is 12.0. The Bertz CT molecular complexity index is 1270. The monoisotopic (exact) mass is 478 g/mol. The highest BCUT2D eigenvalue weighted by molar-refractivity contribution is 7.21. The zero-order valence-corrected chi connectivity index (χ0v) is 20.2. The molecule has 5 N–H and O–H groups in total. The van der Waals surface area contributed by atoms with Gasteiger partial charge in [-0.25, -0.2) is 9.97 Å². The average molecular weight is 479 g/mol. The van der Waals surface area contributed by atoms with Gasteiger partial charge >= 0.3 is 0 Å². The minimum absolute atomic E-state index is 0.0212. The summed E-state index contributed by atoms with van der Waals surface area (Å²) in [6, 6.07) is 8.18. The molecule has 2 fully saturated rings. The topological polar surface area (TPSA) is 119 Å². The molecule has 1 amide bonds. The molecule has 8 nitrogen and oxygen atoms in total. The van der Waals surface area contributed by atoms with Crippen molar-refractivity contribution in [1.82, 2.24) is 15.3 Å². The van der Waals surface area contributed by atoms with Gasteiger partial charge in [-0.1, -0.05) is 6.07 Å². The van der Waals surface area contributed by atoms with Crippen LogP contribution in [-0.4, -0.2) is 53.3 Å². The predicted molar refractivity (Wildman–Crippen MR) is 134 cm³/mol. The molecule has 3 aromatic rings. The lowest BCUT2D eigenvalue weighted by Gasteiger charge is -2.28. The van der Waals surface area contributed by atoms with Crippen LogP contribution < -0.4 is 21.7 Å². The number of nitrogens with zero attached hydrogens (tertiary/aromatic N) is 3. The Hall–Kier alpha value is -2.75. The van der Waals surface area contributed by atoms with Crippen LogP contribution in [0.25, 0.3) is 10.2 Å². The number of aromatic nitrogens is 2. The molecule has 5 heterocycles. The third-order valence-corrected chi connectivity index (χ3v) is 8.65. The molecule has 178 valence electrons. The molecule has 0 aromatic carbocycles. The Morgan fingerprint density at radius 3 is 3.00 bits per heavy atom. The second-order valence-electron chi connectivity index (χ2n) is 9.84. The average Bonchev–Trinajstić information content (AvgIpc) is 3.52. The number of nitrogens with two attached hydrogens (primary N) is 2. The summed E-state index contributed by atoms with van der Waals surface area (Å²) < 4.78 is 6.05. The van der Waals surface area contributed by atoms with E-state index in [1.54, 1.807) is 0 Å². The maximum absolute atomic E-state index is 13.0. The van der Waals surface area contributed by atoms with Crippen molar-refractivity contribution in [2.75, 3.05) is 30.3 Å².